The molecule has 1 aliphatic rings. The minimum atomic E-state index is 0.829. The highest BCUT2D eigenvalue weighted by Crippen LogP contribution is 2.30. The Labute approximate surface area is 121 Å². The van der Waals surface area contributed by atoms with Crippen molar-refractivity contribution < 1.29 is 0 Å². The molecule has 0 spiro atoms. The van der Waals surface area contributed by atoms with Crippen LogP contribution in [-0.2, 0) is 12.3 Å². The van der Waals surface area contributed by atoms with Gasteiger partial charge in [-0.25, -0.2) is 9.97 Å². The van der Waals surface area contributed by atoms with Crippen molar-refractivity contribution in [3.8, 4) is 0 Å². The number of nitrogens with zero attached hydrogens (tertiary/aromatic N) is 2. The van der Waals surface area contributed by atoms with Gasteiger partial charge in [-0.2, -0.15) is 11.8 Å². The molecule has 1 heterocycles. The summed E-state index contributed by atoms with van der Waals surface area (Å²) in [4.78, 5) is 9.33. The number of nitrogens with one attached hydrogen (secondary N) is 1. The van der Waals surface area contributed by atoms with E-state index in [1.807, 2.05) is 18.8 Å². The molecule has 0 aromatic carbocycles. The van der Waals surface area contributed by atoms with E-state index in [2.05, 4.69) is 29.1 Å². The van der Waals surface area contributed by atoms with Crippen LogP contribution in [0.5, 0.6) is 0 Å². The van der Waals surface area contributed by atoms with Gasteiger partial charge in [-0.3, -0.25) is 0 Å². The third-order valence-corrected chi connectivity index (χ3v) is 5.19. The Morgan fingerprint density at radius 1 is 1.11 bits per heavy atom. The average molecular weight is 279 g/mol. The Hall–Kier alpha value is -0.610. The fourth-order valence-corrected chi connectivity index (χ4v) is 3.91. The lowest BCUT2D eigenvalue weighted by atomic mass is 10.0. The van der Waals surface area contributed by atoms with Crippen LogP contribution in [0.1, 0.15) is 54.9 Å². The summed E-state index contributed by atoms with van der Waals surface area (Å²) in [6.45, 7) is 5.04. The topological polar surface area (TPSA) is 37.8 Å². The van der Waals surface area contributed by atoms with E-state index in [9.17, 15) is 0 Å². The van der Waals surface area contributed by atoms with Crippen molar-refractivity contribution in [2.75, 3.05) is 7.05 Å². The Bertz CT molecular complexity index is 391. The number of hydrogen-bond donors (Lipinski definition) is 1. The first-order valence-electron chi connectivity index (χ1n) is 7.30. The summed E-state index contributed by atoms with van der Waals surface area (Å²) in [6, 6.07) is 0. The second kappa shape index (κ2) is 7.25. The lowest BCUT2D eigenvalue weighted by Gasteiger charge is -2.20. The number of hydrogen-bond acceptors (Lipinski definition) is 4. The maximum Gasteiger partial charge on any atom is 0.138 e. The molecule has 0 aliphatic heterocycles. The minimum absolute atomic E-state index is 0.829. The number of thioether (sulfide) groups is 1. The van der Waals surface area contributed by atoms with Crippen LogP contribution in [0.15, 0.2) is 0 Å². The summed E-state index contributed by atoms with van der Waals surface area (Å²) in [5.74, 6) is 1.97. The third kappa shape index (κ3) is 4.18. The summed E-state index contributed by atoms with van der Waals surface area (Å²) < 4.78 is 0. The van der Waals surface area contributed by atoms with Gasteiger partial charge in [0.1, 0.15) is 5.82 Å². The van der Waals surface area contributed by atoms with Crippen LogP contribution in [0, 0.1) is 13.8 Å². The van der Waals surface area contributed by atoms with E-state index in [1.165, 1.54) is 37.7 Å². The van der Waals surface area contributed by atoms with E-state index in [-0.39, 0.29) is 0 Å². The van der Waals surface area contributed by atoms with Crippen LogP contribution in [0.4, 0.5) is 0 Å². The molecule has 0 atom stereocenters. The van der Waals surface area contributed by atoms with Crippen LogP contribution in [0.2, 0.25) is 0 Å². The largest absolute Gasteiger partial charge is 0.316 e. The molecule has 1 aromatic rings. The second-order valence-electron chi connectivity index (χ2n) is 5.39. The first kappa shape index (κ1) is 14.8. The van der Waals surface area contributed by atoms with Gasteiger partial charge in [-0.05, 0) is 33.7 Å². The first-order chi connectivity index (χ1) is 9.20. The molecule has 0 bridgehead atoms. The van der Waals surface area contributed by atoms with Gasteiger partial charge in [0.2, 0.25) is 0 Å². The molecule has 0 radical (unpaired) electrons. The van der Waals surface area contributed by atoms with Crippen molar-refractivity contribution in [3.05, 3.63) is 22.8 Å². The van der Waals surface area contributed by atoms with E-state index in [4.69, 9.17) is 0 Å². The highest BCUT2D eigenvalue weighted by molar-refractivity contribution is 7.99. The molecule has 106 valence electrons. The summed E-state index contributed by atoms with van der Waals surface area (Å²) in [5.41, 5.74) is 3.50. The summed E-state index contributed by atoms with van der Waals surface area (Å²) in [7, 11) is 1.96. The molecule has 19 heavy (non-hydrogen) atoms. The molecule has 0 saturated heterocycles. The molecule has 2 rings (SSSR count). The van der Waals surface area contributed by atoms with E-state index in [0.717, 1.165) is 34.8 Å². The van der Waals surface area contributed by atoms with E-state index >= 15 is 0 Å². The molecule has 0 unspecified atom stereocenters. The molecule has 1 aromatic heterocycles. The van der Waals surface area contributed by atoms with Gasteiger partial charge in [0.05, 0.1) is 5.75 Å². The maximum absolute atomic E-state index is 4.67. The van der Waals surface area contributed by atoms with Crippen molar-refractivity contribution in [2.45, 2.75) is 63.5 Å². The van der Waals surface area contributed by atoms with Gasteiger partial charge in [0, 0.05) is 28.7 Å². The lowest BCUT2D eigenvalue weighted by molar-refractivity contribution is 0.516. The van der Waals surface area contributed by atoms with Crippen LogP contribution in [0.3, 0.4) is 0 Å². The Morgan fingerprint density at radius 2 is 1.74 bits per heavy atom. The monoisotopic (exact) mass is 279 g/mol. The zero-order valence-electron chi connectivity index (χ0n) is 12.3. The van der Waals surface area contributed by atoms with Crippen molar-refractivity contribution >= 4 is 11.8 Å². The quantitative estimate of drug-likeness (QED) is 0.896. The van der Waals surface area contributed by atoms with Crippen LogP contribution >= 0.6 is 11.8 Å². The SMILES string of the molecule is CNCc1c(C)nc(CSC2CCCCC2)nc1C. The van der Waals surface area contributed by atoms with E-state index < -0.39 is 0 Å². The Balaban J connectivity index is 1.96. The fraction of sp³-hybridized carbons (Fsp3) is 0.733. The van der Waals surface area contributed by atoms with Gasteiger partial charge >= 0.3 is 0 Å². The normalized spacial score (nSPS) is 16.8. The Kier molecular flexibility index (Phi) is 5.64. The number of rotatable bonds is 5. The molecule has 3 nitrogen and oxygen atoms in total. The molecule has 4 heteroatoms. The lowest BCUT2D eigenvalue weighted by Crippen LogP contribution is -2.13. The predicted molar refractivity (Wildman–Crippen MR) is 82.4 cm³/mol. The van der Waals surface area contributed by atoms with Gasteiger partial charge < -0.3 is 5.32 Å². The van der Waals surface area contributed by atoms with Gasteiger partial charge in [0.15, 0.2) is 0 Å². The highest BCUT2D eigenvalue weighted by Gasteiger charge is 2.15. The first-order valence-corrected chi connectivity index (χ1v) is 8.34. The second-order valence-corrected chi connectivity index (χ2v) is 6.68. The minimum Gasteiger partial charge on any atom is -0.316 e. The summed E-state index contributed by atoms with van der Waals surface area (Å²) in [5, 5.41) is 4.01. The van der Waals surface area contributed by atoms with Crippen molar-refractivity contribution in [3.63, 3.8) is 0 Å². The summed E-state index contributed by atoms with van der Waals surface area (Å²) >= 11 is 2.05. The van der Waals surface area contributed by atoms with Crippen LogP contribution in [-0.4, -0.2) is 22.3 Å². The van der Waals surface area contributed by atoms with Crippen LogP contribution < -0.4 is 5.32 Å². The van der Waals surface area contributed by atoms with Crippen molar-refractivity contribution in [1.82, 2.24) is 15.3 Å². The third-order valence-electron chi connectivity index (χ3n) is 3.82. The smallest absolute Gasteiger partial charge is 0.138 e. The number of aryl methyl sites for hydroxylation is 2. The zero-order chi connectivity index (χ0) is 13.7. The molecule has 0 amide bonds. The fourth-order valence-electron chi connectivity index (χ4n) is 2.73. The number of aromatic nitrogens is 2. The van der Waals surface area contributed by atoms with Gasteiger partial charge in [-0.1, -0.05) is 19.3 Å². The molecular formula is C15H25N3S. The Morgan fingerprint density at radius 3 is 2.32 bits per heavy atom. The van der Waals surface area contributed by atoms with Gasteiger partial charge in [0.25, 0.3) is 0 Å². The zero-order valence-corrected chi connectivity index (χ0v) is 13.1. The molecule has 1 N–H and O–H groups in total. The van der Waals surface area contributed by atoms with Crippen molar-refractivity contribution in [1.29, 1.82) is 0 Å². The molecule has 1 aliphatic carbocycles. The van der Waals surface area contributed by atoms with E-state index in [0.29, 0.717) is 0 Å². The average Bonchev–Trinajstić information content (AvgIpc) is 2.42. The molecule has 1 saturated carbocycles. The standard InChI is InChI=1S/C15H25N3S/c1-11-14(9-16-3)12(2)18-15(17-11)10-19-13-7-5-4-6-8-13/h13,16H,4-10H2,1-3H3. The predicted octanol–water partition coefficient (Wildman–Crippen LogP) is 3.38. The summed E-state index contributed by atoms with van der Waals surface area (Å²) in [6.07, 6.45) is 6.97. The van der Waals surface area contributed by atoms with Gasteiger partial charge in [-0.15, -0.1) is 0 Å². The van der Waals surface area contributed by atoms with Crippen molar-refractivity contribution in [2.24, 2.45) is 0 Å². The van der Waals surface area contributed by atoms with Crippen LogP contribution in [0.25, 0.3) is 0 Å². The molecule has 1 fully saturated rings. The molecular weight excluding hydrogens is 254 g/mol. The highest BCUT2D eigenvalue weighted by atomic mass is 32.2. The van der Waals surface area contributed by atoms with E-state index in [1.54, 1.807) is 0 Å². The maximum atomic E-state index is 4.67.